The van der Waals surface area contributed by atoms with E-state index in [1.165, 1.54) is 16.7 Å². The van der Waals surface area contributed by atoms with Crippen molar-refractivity contribution in [3.63, 3.8) is 0 Å². The number of benzene rings is 1. The monoisotopic (exact) mass is 287 g/mol. The summed E-state index contributed by atoms with van der Waals surface area (Å²) in [6, 6.07) is 7.91. The molecule has 0 bridgehead atoms. The lowest BCUT2D eigenvalue weighted by molar-refractivity contribution is 0.270. The van der Waals surface area contributed by atoms with E-state index in [9.17, 15) is 4.79 Å². The van der Waals surface area contributed by atoms with Crippen LogP contribution in [-0.2, 0) is 0 Å². The molecule has 0 aromatic heterocycles. The molecule has 1 N–H and O–H groups in total. The fraction of sp³-hybridized carbons (Fsp3) is 0.417. The summed E-state index contributed by atoms with van der Waals surface area (Å²) in [5.41, 5.74) is 0.842. The maximum Gasteiger partial charge on any atom is 0.283 e. The van der Waals surface area contributed by atoms with Crippen LogP contribution in [-0.4, -0.2) is 16.2 Å². The number of hydrogen-bond donors (Lipinski definition) is 1. The van der Waals surface area contributed by atoms with Gasteiger partial charge in [-0.2, -0.15) is 0 Å². The van der Waals surface area contributed by atoms with Crippen LogP contribution in [0.4, 0.5) is 10.5 Å². The third-order valence-electron chi connectivity index (χ3n) is 1.67. The second-order valence-electron chi connectivity index (χ2n) is 4.42. The Bertz CT molecular complexity index is 370. The highest BCUT2D eigenvalue weighted by atomic mass is 33.1. The Morgan fingerprint density at radius 2 is 1.76 bits per heavy atom. The van der Waals surface area contributed by atoms with Crippen LogP contribution in [0.25, 0.3) is 0 Å². The van der Waals surface area contributed by atoms with Crippen molar-refractivity contribution in [2.75, 3.05) is 11.6 Å². The molecule has 0 heterocycles. The first-order valence-corrected chi connectivity index (χ1v) is 8.59. The number of amides is 1. The number of thioether (sulfide) groups is 1. The minimum Gasteiger partial charge on any atom is -0.317 e. The molecule has 0 aliphatic carbocycles. The normalized spacial score (nSPS) is 11.3. The van der Waals surface area contributed by atoms with Gasteiger partial charge in [0.05, 0.1) is 0 Å². The lowest BCUT2D eigenvalue weighted by atomic mass is 10.3. The lowest BCUT2D eigenvalue weighted by Gasteiger charge is -2.16. The summed E-state index contributed by atoms with van der Waals surface area (Å²) in [4.78, 5) is 12.4. The Kier molecular flexibility index (Phi) is 5.76. The van der Waals surface area contributed by atoms with E-state index in [1.807, 2.05) is 35.1 Å². The molecule has 5 heteroatoms. The molecule has 0 fully saturated rings. The summed E-state index contributed by atoms with van der Waals surface area (Å²) in [6.45, 7) is 6.58. The molecule has 0 saturated heterocycles. The smallest absolute Gasteiger partial charge is 0.283 e. The van der Waals surface area contributed by atoms with Gasteiger partial charge in [0.25, 0.3) is 5.24 Å². The Labute approximate surface area is 115 Å². The van der Waals surface area contributed by atoms with Gasteiger partial charge in [0.15, 0.2) is 0 Å². The molecule has 1 aromatic rings. The largest absolute Gasteiger partial charge is 0.317 e. The molecule has 0 aliphatic rings. The molecular formula is C12H17NOS3. The molecule has 2 nitrogen and oxygen atoms in total. The van der Waals surface area contributed by atoms with E-state index in [0.717, 1.165) is 5.69 Å². The van der Waals surface area contributed by atoms with Gasteiger partial charge in [-0.25, -0.2) is 0 Å². The minimum absolute atomic E-state index is 0.0329. The van der Waals surface area contributed by atoms with E-state index in [-0.39, 0.29) is 9.99 Å². The molecule has 94 valence electrons. The van der Waals surface area contributed by atoms with Crippen LogP contribution in [0.15, 0.2) is 29.2 Å². The van der Waals surface area contributed by atoms with Crippen molar-refractivity contribution in [1.82, 2.24) is 0 Å². The highest BCUT2D eigenvalue weighted by Crippen LogP contribution is 2.40. The predicted octanol–water partition coefficient (Wildman–Crippen LogP) is 5.12. The van der Waals surface area contributed by atoms with Crippen molar-refractivity contribution in [3.8, 4) is 0 Å². The Morgan fingerprint density at radius 3 is 2.24 bits per heavy atom. The number of carbonyl (C=O) groups is 1. The summed E-state index contributed by atoms with van der Waals surface area (Å²) >= 11 is 1.18. The number of nitrogens with one attached hydrogen (secondary N) is 1. The zero-order valence-corrected chi connectivity index (χ0v) is 12.9. The number of carbonyl (C=O) groups excluding carboxylic acids is 1. The summed E-state index contributed by atoms with van der Waals surface area (Å²) in [7, 11) is 3.60. The van der Waals surface area contributed by atoms with Crippen molar-refractivity contribution >= 4 is 44.3 Å². The number of anilines is 1. The first-order chi connectivity index (χ1) is 7.90. The molecule has 0 spiro atoms. The molecule has 0 radical (unpaired) electrons. The SMILES string of the molecule is CSC(=O)Nc1ccc(SSC(C)(C)C)cc1. The van der Waals surface area contributed by atoms with Gasteiger partial charge in [0, 0.05) is 15.3 Å². The summed E-state index contributed by atoms with van der Waals surface area (Å²) in [6.07, 6.45) is 1.76. The van der Waals surface area contributed by atoms with Crippen LogP contribution in [0.2, 0.25) is 0 Å². The van der Waals surface area contributed by atoms with E-state index >= 15 is 0 Å². The number of rotatable bonds is 3. The summed E-state index contributed by atoms with van der Waals surface area (Å²) in [5.74, 6) is 0. The van der Waals surface area contributed by atoms with E-state index in [0.29, 0.717) is 0 Å². The van der Waals surface area contributed by atoms with Crippen molar-refractivity contribution in [2.45, 2.75) is 30.4 Å². The van der Waals surface area contributed by atoms with Gasteiger partial charge in [-0.05, 0) is 30.5 Å². The summed E-state index contributed by atoms with van der Waals surface area (Å²) in [5, 5.41) is 2.77. The van der Waals surface area contributed by atoms with Gasteiger partial charge in [-0.1, -0.05) is 54.1 Å². The molecule has 0 saturated carbocycles. The second-order valence-corrected chi connectivity index (χ2v) is 8.23. The highest BCUT2D eigenvalue weighted by molar-refractivity contribution is 8.77. The van der Waals surface area contributed by atoms with Crippen molar-refractivity contribution < 1.29 is 4.79 Å². The fourth-order valence-corrected chi connectivity index (χ4v) is 3.12. The van der Waals surface area contributed by atoms with Crippen LogP contribution in [0.3, 0.4) is 0 Å². The molecule has 0 unspecified atom stereocenters. The van der Waals surface area contributed by atoms with E-state index in [2.05, 4.69) is 26.1 Å². The molecule has 1 amide bonds. The standard InChI is InChI=1S/C12H17NOS3/c1-12(2,3)17-16-10-7-5-9(6-8-10)13-11(14)15-4/h5-8H,1-4H3,(H,13,14). The van der Waals surface area contributed by atoms with E-state index in [1.54, 1.807) is 17.0 Å². The van der Waals surface area contributed by atoms with Crippen LogP contribution in [0.1, 0.15) is 20.8 Å². The molecule has 0 aliphatic heterocycles. The van der Waals surface area contributed by atoms with Gasteiger partial charge in [0.2, 0.25) is 0 Å². The molecule has 0 atom stereocenters. The third kappa shape index (κ3) is 6.29. The molecular weight excluding hydrogens is 270 g/mol. The Hall–Kier alpha value is -0.260. The van der Waals surface area contributed by atoms with Crippen LogP contribution in [0.5, 0.6) is 0 Å². The average Bonchev–Trinajstić information content (AvgIpc) is 2.27. The summed E-state index contributed by atoms with van der Waals surface area (Å²) < 4.78 is 0.246. The Balaban J connectivity index is 2.53. The molecule has 1 rings (SSSR count). The maximum absolute atomic E-state index is 11.2. The van der Waals surface area contributed by atoms with Crippen LogP contribution >= 0.6 is 33.3 Å². The van der Waals surface area contributed by atoms with E-state index < -0.39 is 0 Å². The van der Waals surface area contributed by atoms with Gasteiger partial charge in [-0.15, -0.1) is 0 Å². The minimum atomic E-state index is -0.0329. The van der Waals surface area contributed by atoms with Crippen LogP contribution in [0, 0.1) is 0 Å². The van der Waals surface area contributed by atoms with Crippen molar-refractivity contribution in [2.24, 2.45) is 0 Å². The van der Waals surface area contributed by atoms with Gasteiger partial charge < -0.3 is 5.32 Å². The van der Waals surface area contributed by atoms with Crippen molar-refractivity contribution in [1.29, 1.82) is 0 Å². The second kappa shape index (κ2) is 6.61. The van der Waals surface area contributed by atoms with Gasteiger partial charge in [-0.3, -0.25) is 4.79 Å². The molecule has 1 aromatic carbocycles. The first-order valence-electron chi connectivity index (χ1n) is 5.21. The first kappa shape index (κ1) is 14.8. The van der Waals surface area contributed by atoms with Gasteiger partial charge in [0.1, 0.15) is 0 Å². The lowest BCUT2D eigenvalue weighted by Crippen LogP contribution is -2.04. The number of hydrogen-bond acceptors (Lipinski definition) is 4. The quantitative estimate of drug-likeness (QED) is 0.781. The fourth-order valence-electron chi connectivity index (χ4n) is 0.936. The average molecular weight is 287 g/mol. The van der Waals surface area contributed by atoms with E-state index in [4.69, 9.17) is 0 Å². The zero-order valence-electron chi connectivity index (χ0n) is 10.4. The Morgan fingerprint density at radius 1 is 1.18 bits per heavy atom. The topological polar surface area (TPSA) is 29.1 Å². The third-order valence-corrected chi connectivity index (χ3v) is 5.52. The van der Waals surface area contributed by atoms with Crippen molar-refractivity contribution in [3.05, 3.63) is 24.3 Å². The van der Waals surface area contributed by atoms with Crippen LogP contribution < -0.4 is 5.32 Å². The van der Waals surface area contributed by atoms with Gasteiger partial charge >= 0.3 is 0 Å². The maximum atomic E-state index is 11.2. The highest BCUT2D eigenvalue weighted by Gasteiger charge is 2.11. The zero-order chi connectivity index (χ0) is 12.9. The molecule has 17 heavy (non-hydrogen) atoms. The predicted molar refractivity (Wildman–Crippen MR) is 82.2 cm³/mol.